The minimum Gasteiger partial charge on any atom is -0.478 e. The number of hydrogen-bond acceptors (Lipinski definition) is 3. The molecule has 4 nitrogen and oxygen atoms in total. The van der Waals surface area contributed by atoms with Gasteiger partial charge in [-0.05, 0) is 34.1 Å². The average Bonchev–Trinajstić information content (AvgIpc) is 2.26. The van der Waals surface area contributed by atoms with Gasteiger partial charge in [-0.15, -0.1) is 12.3 Å². The lowest BCUT2D eigenvalue weighted by atomic mass is 10.2. The van der Waals surface area contributed by atoms with Crippen molar-refractivity contribution in [2.24, 2.45) is 0 Å². The molecule has 0 atom stereocenters. The molecule has 6 heteroatoms. The summed E-state index contributed by atoms with van der Waals surface area (Å²) >= 11 is 3.08. The second-order valence-corrected chi connectivity index (χ2v) is 6.16. The van der Waals surface area contributed by atoms with E-state index in [0.29, 0.717) is 4.47 Å². The third-order valence-corrected chi connectivity index (χ3v) is 4.73. The Morgan fingerprint density at radius 1 is 1.47 bits per heavy atom. The van der Waals surface area contributed by atoms with Crippen LogP contribution in [-0.2, 0) is 9.84 Å². The van der Waals surface area contributed by atoms with Crippen molar-refractivity contribution < 1.29 is 18.3 Å². The average molecular weight is 317 g/mol. The fraction of sp³-hybridized carbons (Fsp3) is 0.182. The first kappa shape index (κ1) is 13.7. The summed E-state index contributed by atoms with van der Waals surface area (Å²) in [6.45, 7) is 0. The zero-order chi connectivity index (χ0) is 13.1. The number of rotatable bonds is 4. The third-order valence-electron chi connectivity index (χ3n) is 2.03. The molecule has 1 aromatic carbocycles. The van der Waals surface area contributed by atoms with E-state index in [1.54, 1.807) is 0 Å². The van der Waals surface area contributed by atoms with Crippen LogP contribution in [0.5, 0.6) is 0 Å². The number of halogens is 1. The summed E-state index contributed by atoms with van der Waals surface area (Å²) < 4.78 is 24.1. The summed E-state index contributed by atoms with van der Waals surface area (Å²) in [5.74, 6) is 0.861. The van der Waals surface area contributed by atoms with Crippen LogP contribution in [0, 0.1) is 12.3 Å². The first-order chi connectivity index (χ1) is 7.88. The fourth-order valence-corrected chi connectivity index (χ4v) is 3.44. The number of carboxylic acids is 1. The lowest BCUT2D eigenvalue weighted by Gasteiger charge is -2.06. The number of sulfone groups is 1. The molecule has 0 spiro atoms. The normalized spacial score (nSPS) is 10.8. The number of benzene rings is 1. The van der Waals surface area contributed by atoms with Crippen molar-refractivity contribution in [2.75, 3.05) is 5.75 Å². The number of carboxylic acid groups (broad SMARTS) is 1. The van der Waals surface area contributed by atoms with E-state index in [-0.39, 0.29) is 22.6 Å². The van der Waals surface area contributed by atoms with Crippen LogP contribution in [0.2, 0.25) is 0 Å². The van der Waals surface area contributed by atoms with E-state index in [4.69, 9.17) is 11.5 Å². The van der Waals surface area contributed by atoms with E-state index in [2.05, 4.69) is 21.9 Å². The third kappa shape index (κ3) is 3.32. The lowest BCUT2D eigenvalue weighted by Crippen LogP contribution is -2.09. The Labute approximate surface area is 108 Å². The highest BCUT2D eigenvalue weighted by Crippen LogP contribution is 2.24. The van der Waals surface area contributed by atoms with Gasteiger partial charge in [-0.3, -0.25) is 0 Å². The molecule has 1 N–H and O–H groups in total. The maximum absolute atomic E-state index is 11.9. The van der Waals surface area contributed by atoms with E-state index < -0.39 is 15.8 Å². The molecule has 0 fully saturated rings. The Morgan fingerprint density at radius 3 is 2.65 bits per heavy atom. The van der Waals surface area contributed by atoms with E-state index in [0.717, 1.165) is 6.07 Å². The molecule has 17 heavy (non-hydrogen) atoms. The van der Waals surface area contributed by atoms with Crippen LogP contribution in [0.4, 0.5) is 0 Å². The number of aromatic carboxylic acids is 1. The molecule has 1 rings (SSSR count). The molecule has 0 aliphatic rings. The van der Waals surface area contributed by atoms with Gasteiger partial charge in [0.1, 0.15) is 0 Å². The first-order valence-corrected chi connectivity index (χ1v) is 7.02. The van der Waals surface area contributed by atoms with Crippen LogP contribution in [-0.4, -0.2) is 25.2 Å². The molecule has 0 radical (unpaired) electrons. The largest absolute Gasteiger partial charge is 0.478 e. The molecule has 0 saturated carbocycles. The Hall–Kier alpha value is -1.32. The summed E-state index contributed by atoms with van der Waals surface area (Å²) in [5.41, 5.74) is -0.0764. The predicted octanol–water partition coefficient (Wildman–Crippen LogP) is 1.94. The lowest BCUT2D eigenvalue weighted by molar-refractivity contribution is 0.0696. The summed E-state index contributed by atoms with van der Waals surface area (Å²) in [6.07, 6.45) is 5.10. The van der Waals surface area contributed by atoms with Crippen LogP contribution in [0.3, 0.4) is 0 Å². The fourth-order valence-electron chi connectivity index (χ4n) is 1.18. The van der Waals surface area contributed by atoms with Gasteiger partial charge in [0, 0.05) is 10.9 Å². The van der Waals surface area contributed by atoms with Crippen molar-refractivity contribution in [1.82, 2.24) is 0 Å². The minimum atomic E-state index is -3.56. The standard InChI is InChI=1S/C11H9BrO4S/c1-2-3-6-17(15,16)10-7-8(11(13)14)4-5-9(10)12/h1,4-5,7H,3,6H2,(H,13,14). The highest BCUT2D eigenvalue weighted by atomic mass is 79.9. The predicted molar refractivity (Wildman–Crippen MR) is 66.6 cm³/mol. The Kier molecular flexibility index (Phi) is 4.32. The smallest absolute Gasteiger partial charge is 0.335 e. The highest BCUT2D eigenvalue weighted by Gasteiger charge is 2.19. The zero-order valence-electron chi connectivity index (χ0n) is 8.68. The monoisotopic (exact) mass is 316 g/mol. The van der Waals surface area contributed by atoms with Crippen LogP contribution < -0.4 is 0 Å². The maximum Gasteiger partial charge on any atom is 0.335 e. The van der Waals surface area contributed by atoms with Crippen molar-refractivity contribution in [3.05, 3.63) is 28.2 Å². The molecule has 0 heterocycles. The summed E-state index contributed by atoms with van der Waals surface area (Å²) in [5, 5.41) is 8.80. The van der Waals surface area contributed by atoms with Crippen molar-refractivity contribution in [1.29, 1.82) is 0 Å². The van der Waals surface area contributed by atoms with Crippen LogP contribution in [0.1, 0.15) is 16.8 Å². The first-order valence-electron chi connectivity index (χ1n) is 4.57. The molecular weight excluding hydrogens is 308 g/mol. The molecule has 1 aromatic rings. The highest BCUT2D eigenvalue weighted by molar-refractivity contribution is 9.10. The molecule has 0 aromatic heterocycles. The molecule has 0 saturated heterocycles. The topological polar surface area (TPSA) is 71.4 Å². The molecule has 0 unspecified atom stereocenters. The molecule has 0 aliphatic heterocycles. The van der Waals surface area contributed by atoms with Gasteiger partial charge in [-0.25, -0.2) is 13.2 Å². The second kappa shape index (κ2) is 5.34. The van der Waals surface area contributed by atoms with Crippen LogP contribution in [0.15, 0.2) is 27.6 Å². The SMILES string of the molecule is C#CCCS(=O)(=O)c1cc(C(=O)O)ccc1Br. The van der Waals surface area contributed by atoms with Crippen molar-refractivity contribution >= 4 is 31.7 Å². The molecule has 0 aliphatic carbocycles. The van der Waals surface area contributed by atoms with Crippen LogP contribution >= 0.6 is 15.9 Å². The van der Waals surface area contributed by atoms with Crippen molar-refractivity contribution in [2.45, 2.75) is 11.3 Å². The summed E-state index contributed by atoms with van der Waals surface area (Å²) in [7, 11) is -3.56. The Bertz CT molecular complexity index is 584. The Morgan fingerprint density at radius 2 is 2.12 bits per heavy atom. The quantitative estimate of drug-likeness (QED) is 0.862. The van der Waals surface area contributed by atoms with Crippen LogP contribution in [0.25, 0.3) is 0 Å². The van der Waals surface area contributed by atoms with E-state index in [1.165, 1.54) is 12.1 Å². The minimum absolute atomic E-state index is 0.0485. The van der Waals surface area contributed by atoms with Gasteiger partial charge in [0.15, 0.2) is 9.84 Å². The van der Waals surface area contributed by atoms with E-state index >= 15 is 0 Å². The summed E-state index contributed by atoms with van der Waals surface area (Å²) in [6, 6.07) is 3.84. The Balaban J connectivity index is 3.26. The summed E-state index contributed by atoms with van der Waals surface area (Å²) in [4.78, 5) is 10.7. The van der Waals surface area contributed by atoms with Crippen molar-refractivity contribution in [3.8, 4) is 12.3 Å². The van der Waals surface area contributed by atoms with Gasteiger partial charge in [-0.2, -0.15) is 0 Å². The zero-order valence-corrected chi connectivity index (χ0v) is 11.1. The van der Waals surface area contributed by atoms with Gasteiger partial charge < -0.3 is 5.11 Å². The molecular formula is C11H9BrO4S. The molecule has 90 valence electrons. The van der Waals surface area contributed by atoms with E-state index in [9.17, 15) is 13.2 Å². The number of carbonyl (C=O) groups is 1. The van der Waals surface area contributed by atoms with Gasteiger partial charge in [0.2, 0.25) is 0 Å². The molecule has 0 amide bonds. The number of terminal acetylenes is 1. The number of hydrogen-bond donors (Lipinski definition) is 1. The van der Waals surface area contributed by atoms with Crippen molar-refractivity contribution in [3.63, 3.8) is 0 Å². The van der Waals surface area contributed by atoms with Gasteiger partial charge in [0.05, 0.1) is 16.2 Å². The maximum atomic E-state index is 11.9. The molecule has 0 bridgehead atoms. The van der Waals surface area contributed by atoms with Gasteiger partial charge >= 0.3 is 5.97 Å². The van der Waals surface area contributed by atoms with Gasteiger partial charge in [-0.1, -0.05) is 0 Å². The van der Waals surface area contributed by atoms with Gasteiger partial charge in [0.25, 0.3) is 0 Å². The second-order valence-electron chi connectivity index (χ2n) is 3.22. The van der Waals surface area contributed by atoms with E-state index in [1.807, 2.05) is 0 Å².